The predicted octanol–water partition coefficient (Wildman–Crippen LogP) is 4.53. The molecule has 0 radical (unpaired) electrons. The van der Waals surface area contributed by atoms with Crippen LogP contribution in [0.4, 0.5) is 4.39 Å². The number of ether oxygens (including phenoxy) is 1. The molecule has 2 nitrogen and oxygen atoms in total. The molecular weight excluding hydrogens is 301 g/mol. The molecule has 1 N–H and O–H groups in total. The maximum Gasteiger partial charge on any atom is 0.123 e. The van der Waals surface area contributed by atoms with Gasteiger partial charge in [-0.25, -0.2) is 4.39 Å². The van der Waals surface area contributed by atoms with Gasteiger partial charge in [-0.15, -0.1) is 12.4 Å². The van der Waals surface area contributed by atoms with E-state index in [9.17, 15) is 4.39 Å². The minimum Gasteiger partial charge on any atom is -0.496 e. The fraction of sp³-hybridized carbons (Fsp3) is 0.667. The average molecular weight is 328 g/mol. The van der Waals surface area contributed by atoms with Crippen LogP contribution >= 0.6 is 12.4 Å². The lowest BCUT2D eigenvalue weighted by Gasteiger charge is -2.21. The monoisotopic (exact) mass is 327 g/mol. The van der Waals surface area contributed by atoms with Crippen LogP contribution in [0.25, 0.3) is 0 Å². The van der Waals surface area contributed by atoms with E-state index in [1.54, 1.807) is 19.2 Å². The van der Waals surface area contributed by atoms with E-state index in [4.69, 9.17) is 4.74 Å². The zero-order valence-electron chi connectivity index (χ0n) is 13.3. The fourth-order valence-electron chi connectivity index (χ4n) is 3.71. The number of halogens is 2. The first-order valence-electron chi connectivity index (χ1n) is 8.32. The number of nitrogens with one attached hydrogen (secondary N) is 1. The molecule has 0 heterocycles. The van der Waals surface area contributed by atoms with Crippen LogP contribution in [0, 0.1) is 17.7 Å². The topological polar surface area (TPSA) is 21.3 Å². The Balaban J connectivity index is 0.00000176. The second-order valence-corrected chi connectivity index (χ2v) is 6.65. The largest absolute Gasteiger partial charge is 0.496 e. The van der Waals surface area contributed by atoms with Crippen LogP contribution in [0.2, 0.25) is 0 Å². The maximum atomic E-state index is 13.4. The zero-order valence-corrected chi connectivity index (χ0v) is 14.1. The van der Waals surface area contributed by atoms with Crippen molar-refractivity contribution in [3.05, 3.63) is 29.6 Å². The molecule has 2 fully saturated rings. The van der Waals surface area contributed by atoms with E-state index in [1.165, 1.54) is 38.2 Å². The first-order valence-corrected chi connectivity index (χ1v) is 8.32. The molecule has 0 bridgehead atoms. The van der Waals surface area contributed by atoms with Crippen LogP contribution in [0.5, 0.6) is 5.75 Å². The van der Waals surface area contributed by atoms with Gasteiger partial charge in [0.1, 0.15) is 11.6 Å². The van der Waals surface area contributed by atoms with Gasteiger partial charge in [0, 0.05) is 5.56 Å². The highest BCUT2D eigenvalue weighted by molar-refractivity contribution is 5.85. The van der Waals surface area contributed by atoms with Gasteiger partial charge < -0.3 is 10.1 Å². The molecule has 2 aliphatic rings. The Hall–Kier alpha value is -0.800. The normalized spacial score (nSPS) is 24.6. The summed E-state index contributed by atoms with van der Waals surface area (Å²) in [6, 6.07) is 4.86. The molecule has 0 aliphatic heterocycles. The average Bonchev–Trinajstić information content (AvgIpc) is 3.28. The number of hydrogen-bond acceptors (Lipinski definition) is 2. The molecule has 2 unspecified atom stereocenters. The summed E-state index contributed by atoms with van der Waals surface area (Å²) in [5, 5.41) is 3.63. The summed E-state index contributed by atoms with van der Waals surface area (Å²) in [5.41, 5.74) is 1.04. The van der Waals surface area contributed by atoms with Crippen molar-refractivity contribution in [3.63, 3.8) is 0 Å². The van der Waals surface area contributed by atoms with Crippen LogP contribution in [0.15, 0.2) is 18.2 Å². The second kappa shape index (κ2) is 8.16. The number of rotatable bonds is 6. The molecule has 4 heteroatoms. The summed E-state index contributed by atoms with van der Waals surface area (Å²) >= 11 is 0. The molecule has 1 aromatic carbocycles. The summed E-state index contributed by atoms with van der Waals surface area (Å²) in [5.74, 6) is 2.65. The van der Waals surface area contributed by atoms with Crippen LogP contribution in [-0.4, -0.2) is 20.2 Å². The van der Waals surface area contributed by atoms with Crippen molar-refractivity contribution < 1.29 is 9.13 Å². The SMILES string of the molecule is COc1ccc(F)cc1C1CC1CNCC1CCCCC1.Cl. The summed E-state index contributed by atoms with van der Waals surface area (Å²) in [7, 11) is 1.66. The third kappa shape index (κ3) is 4.36. The smallest absolute Gasteiger partial charge is 0.123 e. The molecule has 2 saturated carbocycles. The Kier molecular flexibility index (Phi) is 6.51. The van der Waals surface area contributed by atoms with E-state index in [-0.39, 0.29) is 18.2 Å². The Morgan fingerprint density at radius 1 is 1.18 bits per heavy atom. The second-order valence-electron chi connectivity index (χ2n) is 6.65. The molecule has 1 aromatic rings. The van der Waals surface area contributed by atoms with E-state index in [2.05, 4.69) is 5.32 Å². The molecule has 22 heavy (non-hydrogen) atoms. The third-order valence-electron chi connectivity index (χ3n) is 5.08. The quantitative estimate of drug-likeness (QED) is 0.829. The molecule has 0 saturated heterocycles. The van der Waals surface area contributed by atoms with Crippen molar-refractivity contribution in [2.45, 2.75) is 44.4 Å². The van der Waals surface area contributed by atoms with Gasteiger partial charge in [-0.05, 0) is 68.3 Å². The maximum absolute atomic E-state index is 13.4. The Morgan fingerprint density at radius 2 is 1.95 bits per heavy atom. The van der Waals surface area contributed by atoms with Crippen molar-refractivity contribution in [2.24, 2.45) is 11.8 Å². The predicted molar refractivity (Wildman–Crippen MR) is 90.5 cm³/mol. The lowest BCUT2D eigenvalue weighted by atomic mass is 9.89. The summed E-state index contributed by atoms with van der Waals surface area (Å²) in [4.78, 5) is 0. The molecule has 124 valence electrons. The summed E-state index contributed by atoms with van der Waals surface area (Å²) in [6.07, 6.45) is 8.15. The van der Waals surface area contributed by atoms with Gasteiger partial charge in [-0.3, -0.25) is 0 Å². The van der Waals surface area contributed by atoms with Crippen molar-refractivity contribution in [2.75, 3.05) is 20.2 Å². The van der Waals surface area contributed by atoms with Gasteiger partial charge in [0.2, 0.25) is 0 Å². The zero-order chi connectivity index (χ0) is 14.7. The lowest BCUT2D eigenvalue weighted by Crippen LogP contribution is -2.26. The van der Waals surface area contributed by atoms with Gasteiger partial charge in [0.25, 0.3) is 0 Å². The van der Waals surface area contributed by atoms with Gasteiger partial charge in [0.15, 0.2) is 0 Å². The van der Waals surface area contributed by atoms with E-state index in [0.717, 1.165) is 36.7 Å². The Bertz CT molecular complexity index is 476. The third-order valence-corrected chi connectivity index (χ3v) is 5.08. The molecule has 0 spiro atoms. The summed E-state index contributed by atoms with van der Waals surface area (Å²) in [6.45, 7) is 2.21. The van der Waals surface area contributed by atoms with E-state index < -0.39 is 0 Å². The first-order chi connectivity index (χ1) is 10.3. The minimum absolute atomic E-state index is 0. The number of hydrogen-bond donors (Lipinski definition) is 1. The molecule has 3 rings (SSSR count). The lowest BCUT2D eigenvalue weighted by molar-refractivity contribution is 0.340. The number of methoxy groups -OCH3 is 1. The van der Waals surface area contributed by atoms with Gasteiger partial charge in [0.05, 0.1) is 7.11 Å². The Labute approximate surface area is 139 Å². The van der Waals surface area contributed by atoms with Gasteiger partial charge in [-0.2, -0.15) is 0 Å². The van der Waals surface area contributed by atoms with E-state index in [0.29, 0.717) is 11.8 Å². The molecule has 0 amide bonds. The van der Waals surface area contributed by atoms with Crippen LogP contribution in [0.3, 0.4) is 0 Å². The van der Waals surface area contributed by atoms with Gasteiger partial charge in [-0.1, -0.05) is 19.3 Å². The highest BCUT2D eigenvalue weighted by atomic mass is 35.5. The molecule has 2 atom stereocenters. The van der Waals surface area contributed by atoms with E-state index in [1.807, 2.05) is 0 Å². The number of benzene rings is 1. The van der Waals surface area contributed by atoms with Gasteiger partial charge >= 0.3 is 0 Å². The molecule has 2 aliphatic carbocycles. The highest BCUT2D eigenvalue weighted by Crippen LogP contribution is 2.50. The van der Waals surface area contributed by atoms with Crippen molar-refractivity contribution in [3.8, 4) is 5.75 Å². The van der Waals surface area contributed by atoms with Crippen LogP contribution < -0.4 is 10.1 Å². The van der Waals surface area contributed by atoms with Crippen molar-refractivity contribution in [1.82, 2.24) is 5.32 Å². The van der Waals surface area contributed by atoms with Crippen LogP contribution in [-0.2, 0) is 0 Å². The molecular formula is C18H27ClFNO. The van der Waals surface area contributed by atoms with Crippen molar-refractivity contribution in [1.29, 1.82) is 0 Å². The first kappa shape index (κ1) is 17.6. The minimum atomic E-state index is -0.161. The molecule has 0 aromatic heterocycles. The van der Waals surface area contributed by atoms with E-state index >= 15 is 0 Å². The highest BCUT2D eigenvalue weighted by Gasteiger charge is 2.39. The summed E-state index contributed by atoms with van der Waals surface area (Å²) < 4.78 is 18.8. The Morgan fingerprint density at radius 3 is 2.68 bits per heavy atom. The van der Waals surface area contributed by atoms with Crippen LogP contribution in [0.1, 0.15) is 50.0 Å². The standard InChI is InChI=1S/C18H26FNO.ClH/c1-21-18-8-7-15(19)10-17(18)16-9-14(16)12-20-11-13-5-3-2-4-6-13;/h7-8,10,13-14,16,20H,2-6,9,11-12H2,1H3;1H. The fourth-order valence-corrected chi connectivity index (χ4v) is 3.71. The van der Waals surface area contributed by atoms with Crippen molar-refractivity contribution >= 4 is 12.4 Å².